The minimum Gasteiger partial charge on any atom is -0.497 e. The Morgan fingerprint density at radius 1 is 1.17 bits per heavy atom. The molecule has 24 heavy (non-hydrogen) atoms. The van der Waals surface area contributed by atoms with Gasteiger partial charge < -0.3 is 15.2 Å². The van der Waals surface area contributed by atoms with E-state index in [-0.39, 0.29) is 6.10 Å². The van der Waals surface area contributed by atoms with Crippen LogP contribution in [0.2, 0.25) is 0 Å². The Labute approximate surface area is 144 Å². The largest absolute Gasteiger partial charge is 0.497 e. The average Bonchev–Trinajstić information content (AvgIpc) is 2.91. The highest BCUT2D eigenvalue weighted by Gasteiger charge is 2.19. The monoisotopic (exact) mass is 342 g/mol. The van der Waals surface area contributed by atoms with E-state index in [2.05, 4.69) is 4.98 Å². The highest BCUT2D eigenvalue weighted by molar-refractivity contribution is 7.21. The second kappa shape index (κ2) is 6.49. The summed E-state index contributed by atoms with van der Waals surface area (Å²) in [4.78, 5) is 17.9. The number of pyridine rings is 1. The van der Waals surface area contributed by atoms with Crippen molar-refractivity contribution >= 4 is 33.2 Å². The van der Waals surface area contributed by atoms with Crippen molar-refractivity contribution in [3.05, 3.63) is 41.3 Å². The van der Waals surface area contributed by atoms with E-state index in [4.69, 9.17) is 15.2 Å². The van der Waals surface area contributed by atoms with Gasteiger partial charge in [0, 0.05) is 10.9 Å². The van der Waals surface area contributed by atoms with Gasteiger partial charge in [0.1, 0.15) is 15.5 Å². The number of ether oxygens (including phenoxy) is 2. The van der Waals surface area contributed by atoms with Crippen LogP contribution in [0.15, 0.2) is 36.4 Å². The molecule has 0 unspecified atom stereocenters. The Kier molecular flexibility index (Phi) is 4.40. The third-order valence-electron chi connectivity index (χ3n) is 3.51. The number of fused-ring (bicyclic) bond motifs is 1. The molecule has 0 radical (unpaired) electrons. The molecule has 124 valence electrons. The van der Waals surface area contributed by atoms with Crippen LogP contribution in [0.5, 0.6) is 5.75 Å². The van der Waals surface area contributed by atoms with Gasteiger partial charge in [-0.25, -0.2) is 9.78 Å². The van der Waals surface area contributed by atoms with Gasteiger partial charge in [0.15, 0.2) is 0 Å². The summed E-state index contributed by atoms with van der Waals surface area (Å²) in [6.45, 7) is 3.61. The summed E-state index contributed by atoms with van der Waals surface area (Å²) in [5.41, 5.74) is 8.30. The lowest BCUT2D eigenvalue weighted by atomic mass is 10.1. The molecule has 0 fully saturated rings. The molecule has 0 amide bonds. The summed E-state index contributed by atoms with van der Waals surface area (Å²) in [5.74, 6) is 0.385. The van der Waals surface area contributed by atoms with Crippen molar-refractivity contribution in [3.8, 4) is 17.0 Å². The lowest BCUT2D eigenvalue weighted by molar-refractivity contribution is 0.0385. The van der Waals surface area contributed by atoms with Crippen molar-refractivity contribution in [2.24, 2.45) is 0 Å². The van der Waals surface area contributed by atoms with Gasteiger partial charge in [-0.15, -0.1) is 11.3 Å². The Bertz CT molecular complexity index is 885. The molecule has 2 N–H and O–H groups in total. The number of hydrogen-bond acceptors (Lipinski definition) is 6. The number of aromatic nitrogens is 1. The fourth-order valence-corrected chi connectivity index (χ4v) is 3.32. The van der Waals surface area contributed by atoms with E-state index in [0.29, 0.717) is 10.6 Å². The number of nitrogens with zero attached hydrogens (tertiary/aromatic N) is 1. The number of esters is 1. The zero-order valence-corrected chi connectivity index (χ0v) is 14.5. The molecule has 5 nitrogen and oxygen atoms in total. The fraction of sp³-hybridized carbons (Fsp3) is 0.222. The predicted octanol–water partition coefficient (Wildman–Crippen LogP) is 4.12. The summed E-state index contributed by atoms with van der Waals surface area (Å²) < 4.78 is 10.4. The van der Waals surface area contributed by atoms with Gasteiger partial charge >= 0.3 is 5.97 Å². The first-order valence-electron chi connectivity index (χ1n) is 7.54. The van der Waals surface area contributed by atoms with Crippen LogP contribution in [0.3, 0.4) is 0 Å². The number of nitrogen functional groups attached to an aromatic ring is 1. The smallest absolute Gasteiger partial charge is 0.350 e. The summed E-state index contributed by atoms with van der Waals surface area (Å²) in [7, 11) is 1.63. The summed E-state index contributed by atoms with van der Waals surface area (Å²) in [6.07, 6.45) is -0.190. The number of rotatable bonds is 4. The number of carbonyl (C=O) groups is 1. The van der Waals surface area contributed by atoms with Crippen LogP contribution in [-0.4, -0.2) is 24.2 Å². The number of hydrogen-bond donors (Lipinski definition) is 1. The normalized spacial score (nSPS) is 11.0. The lowest BCUT2D eigenvalue weighted by Gasteiger charge is -2.06. The van der Waals surface area contributed by atoms with Gasteiger partial charge in [-0.05, 0) is 50.2 Å². The van der Waals surface area contributed by atoms with Crippen LogP contribution in [0, 0.1) is 0 Å². The quantitative estimate of drug-likeness (QED) is 0.722. The van der Waals surface area contributed by atoms with Gasteiger partial charge in [-0.3, -0.25) is 0 Å². The predicted molar refractivity (Wildman–Crippen MR) is 96.6 cm³/mol. The van der Waals surface area contributed by atoms with E-state index < -0.39 is 5.97 Å². The van der Waals surface area contributed by atoms with E-state index in [0.717, 1.165) is 27.2 Å². The Morgan fingerprint density at radius 3 is 2.50 bits per heavy atom. The van der Waals surface area contributed by atoms with Crippen LogP contribution in [0.1, 0.15) is 23.5 Å². The van der Waals surface area contributed by atoms with Crippen molar-refractivity contribution in [2.75, 3.05) is 12.8 Å². The van der Waals surface area contributed by atoms with Crippen LogP contribution < -0.4 is 10.5 Å². The van der Waals surface area contributed by atoms with Crippen molar-refractivity contribution in [3.63, 3.8) is 0 Å². The Balaban J connectivity index is 2.00. The minimum atomic E-state index is -0.406. The average molecular weight is 342 g/mol. The third-order valence-corrected chi connectivity index (χ3v) is 4.60. The SMILES string of the molecule is COc1ccc(-c2ccc3c(N)c(C(=O)OC(C)C)sc3n2)cc1. The van der Waals surface area contributed by atoms with E-state index in [1.807, 2.05) is 36.4 Å². The second-order valence-corrected chi connectivity index (χ2v) is 6.58. The van der Waals surface area contributed by atoms with Crippen LogP contribution >= 0.6 is 11.3 Å². The molecule has 0 atom stereocenters. The van der Waals surface area contributed by atoms with Gasteiger partial charge in [-0.2, -0.15) is 0 Å². The van der Waals surface area contributed by atoms with Crippen LogP contribution in [0.4, 0.5) is 5.69 Å². The van der Waals surface area contributed by atoms with Crippen molar-refractivity contribution < 1.29 is 14.3 Å². The first-order valence-corrected chi connectivity index (χ1v) is 8.35. The van der Waals surface area contributed by atoms with Crippen LogP contribution in [0.25, 0.3) is 21.5 Å². The molecule has 0 bridgehead atoms. The van der Waals surface area contributed by atoms with Gasteiger partial charge in [0.2, 0.25) is 0 Å². The van der Waals surface area contributed by atoms with Crippen molar-refractivity contribution in [2.45, 2.75) is 20.0 Å². The molecule has 2 aromatic heterocycles. The molecule has 3 aromatic rings. The van der Waals surface area contributed by atoms with E-state index in [9.17, 15) is 4.79 Å². The van der Waals surface area contributed by atoms with Gasteiger partial charge in [0.05, 0.1) is 24.6 Å². The number of anilines is 1. The molecule has 6 heteroatoms. The van der Waals surface area contributed by atoms with Crippen molar-refractivity contribution in [1.29, 1.82) is 0 Å². The number of benzene rings is 1. The minimum absolute atomic E-state index is 0.190. The summed E-state index contributed by atoms with van der Waals surface area (Å²) in [5, 5.41) is 0.771. The zero-order chi connectivity index (χ0) is 17.3. The summed E-state index contributed by atoms with van der Waals surface area (Å²) in [6, 6.07) is 11.4. The summed E-state index contributed by atoms with van der Waals surface area (Å²) >= 11 is 1.26. The molecule has 0 saturated heterocycles. The maximum atomic E-state index is 12.1. The maximum Gasteiger partial charge on any atom is 0.350 e. The molecule has 2 heterocycles. The van der Waals surface area contributed by atoms with Crippen molar-refractivity contribution in [1.82, 2.24) is 4.98 Å². The standard InChI is InChI=1S/C18H18N2O3S/c1-10(2)23-18(21)16-15(19)13-8-9-14(20-17(13)24-16)11-4-6-12(22-3)7-5-11/h4-10H,19H2,1-3H3. The second-order valence-electron chi connectivity index (χ2n) is 5.58. The molecule has 0 aliphatic carbocycles. The topological polar surface area (TPSA) is 74.4 Å². The number of thiophene rings is 1. The van der Waals surface area contributed by atoms with E-state index >= 15 is 0 Å². The van der Waals surface area contributed by atoms with Gasteiger partial charge in [0.25, 0.3) is 0 Å². The molecule has 0 spiro atoms. The molecule has 1 aromatic carbocycles. The van der Waals surface area contributed by atoms with E-state index in [1.165, 1.54) is 11.3 Å². The number of methoxy groups -OCH3 is 1. The van der Waals surface area contributed by atoms with E-state index in [1.54, 1.807) is 21.0 Å². The molecule has 0 saturated carbocycles. The fourth-order valence-electron chi connectivity index (χ4n) is 2.34. The highest BCUT2D eigenvalue weighted by atomic mass is 32.1. The molecule has 0 aliphatic heterocycles. The molecular formula is C18H18N2O3S. The Morgan fingerprint density at radius 2 is 1.88 bits per heavy atom. The number of carbonyl (C=O) groups excluding carboxylic acids is 1. The van der Waals surface area contributed by atoms with Crippen LogP contribution in [-0.2, 0) is 4.74 Å². The molecule has 0 aliphatic rings. The lowest BCUT2D eigenvalue weighted by Crippen LogP contribution is -2.11. The molecule has 3 rings (SSSR count). The third kappa shape index (κ3) is 3.05. The maximum absolute atomic E-state index is 12.1. The highest BCUT2D eigenvalue weighted by Crippen LogP contribution is 2.35. The molecular weight excluding hydrogens is 324 g/mol. The number of nitrogens with two attached hydrogens (primary N) is 1. The van der Waals surface area contributed by atoms with Gasteiger partial charge in [-0.1, -0.05) is 0 Å². The first kappa shape index (κ1) is 16.3. The Hall–Kier alpha value is -2.60. The first-order chi connectivity index (χ1) is 11.5. The zero-order valence-electron chi connectivity index (χ0n) is 13.7.